The van der Waals surface area contributed by atoms with E-state index in [9.17, 15) is 14.7 Å². The van der Waals surface area contributed by atoms with E-state index >= 15 is 0 Å². The zero-order valence-electron chi connectivity index (χ0n) is 12.0. The number of nitrogens with one attached hydrogen (secondary N) is 1. The molecule has 0 fully saturated rings. The molecule has 0 bridgehead atoms. The van der Waals surface area contributed by atoms with Gasteiger partial charge < -0.3 is 15.2 Å². The first-order valence-corrected chi connectivity index (χ1v) is 8.66. The first kappa shape index (κ1) is 16.0. The molecule has 2 heterocycles. The third-order valence-electron chi connectivity index (χ3n) is 3.56. The van der Waals surface area contributed by atoms with Crippen LogP contribution in [0.15, 0.2) is 34.1 Å². The van der Waals surface area contributed by atoms with Gasteiger partial charge in [0, 0.05) is 11.3 Å². The van der Waals surface area contributed by atoms with Crippen LogP contribution in [0.3, 0.4) is 0 Å². The van der Waals surface area contributed by atoms with Gasteiger partial charge in [-0.1, -0.05) is 6.07 Å². The largest absolute Gasteiger partial charge is 0.493 e. The van der Waals surface area contributed by atoms with Gasteiger partial charge in [-0.25, -0.2) is 4.79 Å². The van der Waals surface area contributed by atoms with Crippen molar-refractivity contribution in [2.24, 2.45) is 0 Å². The Morgan fingerprint density at radius 2 is 2.17 bits per heavy atom. The highest BCUT2D eigenvalue weighted by molar-refractivity contribution is 9.11. The van der Waals surface area contributed by atoms with Gasteiger partial charge in [0.05, 0.1) is 16.8 Å². The molecule has 0 radical (unpaired) electrons. The number of ether oxygens (including phenoxy) is 1. The summed E-state index contributed by atoms with van der Waals surface area (Å²) in [5, 5.41) is 12.0. The summed E-state index contributed by atoms with van der Waals surface area (Å²) in [5.74, 6) is -0.610. The third-order valence-corrected chi connectivity index (χ3v) is 5.19. The Kier molecular flexibility index (Phi) is 4.68. The fourth-order valence-electron chi connectivity index (χ4n) is 2.49. The smallest absolute Gasteiger partial charge is 0.330 e. The van der Waals surface area contributed by atoms with E-state index in [1.54, 1.807) is 18.2 Å². The van der Waals surface area contributed by atoms with Crippen LogP contribution in [-0.4, -0.2) is 23.6 Å². The Morgan fingerprint density at radius 3 is 2.87 bits per heavy atom. The first-order chi connectivity index (χ1) is 11.0. The summed E-state index contributed by atoms with van der Waals surface area (Å²) in [6, 6.07) is 7.89. The Labute approximate surface area is 145 Å². The van der Waals surface area contributed by atoms with Crippen LogP contribution in [0.1, 0.15) is 22.0 Å². The molecule has 1 unspecified atom stereocenters. The van der Waals surface area contributed by atoms with Crippen molar-refractivity contribution in [3.05, 3.63) is 50.1 Å². The average Bonchev–Trinajstić information content (AvgIpc) is 3.12. The Balaban J connectivity index is 1.74. The second kappa shape index (κ2) is 6.72. The number of rotatable bonds is 5. The van der Waals surface area contributed by atoms with E-state index in [0.717, 1.165) is 26.4 Å². The average molecular weight is 396 g/mol. The lowest BCUT2D eigenvalue weighted by molar-refractivity contribution is -0.141. The lowest BCUT2D eigenvalue weighted by Crippen LogP contribution is -2.34. The summed E-state index contributed by atoms with van der Waals surface area (Å²) < 4.78 is 6.36. The maximum Gasteiger partial charge on any atom is 0.330 e. The molecule has 120 valence electrons. The number of thiophene rings is 1. The highest BCUT2D eigenvalue weighted by Gasteiger charge is 2.24. The number of carboxylic acid groups (broad SMARTS) is 1. The van der Waals surface area contributed by atoms with Gasteiger partial charge in [0.1, 0.15) is 5.75 Å². The highest BCUT2D eigenvalue weighted by Crippen LogP contribution is 2.28. The van der Waals surface area contributed by atoms with E-state index in [1.807, 2.05) is 12.1 Å². The molecule has 23 heavy (non-hydrogen) atoms. The van der Waals surface area contributed by atoms with Gasteiger partial charge in [0.15, 0.2) is 6.04 Å². The van der Waals surface area contributed by atoms with E-state index in [4.69, 9.17) is 4.74 Å². The molecule has 0 saturated carbocycles. The summed E-state index contributed by atoms with van der Waals surface area (Å²) in [6.07, 6.45) is 0.917. The highest BCUT2D eigenvalue weighted by atomic mass is 79.9. The molecule has 0 spiro atoms. The number of carbonyl (C=O) groups excluding carboxylic acids is 1. The van der Waals surface area contributed by atoms with Crippen LogP contribution in [0, 0.1) is 0 Å². The van der Waals surface area contributed by atoms with Gasteiger partial charge in [-0.2, -0.15) is 0 Å². The van der Waals surface area contributed by atoms with Gasteiger partial charge in [-0.05, 0) is 51.3 Å². The van der Waals surface area contributed by atoms with E-state index < -0.39 is 12.0 Å². The topological polar surface area (TPSA) is 75.6 Å². The molecule has 1 atom stereocenters. The molecule has 0 saturated heterocycles. The molecule has 0 aliphatic carbocycles. The number of carbonyl (C=O) groups is 2. The van der Waals surface area contributed by atoms with Gasteiger partial charge in [0.25, 0.3) is 0 Å². The molecule has 2 N–H and O–H groups in total. The number of amides is 1. The van der Waals surface area contributed by atoms with E-state index in [-0.39, 0.29) is 12.3 Å². The van der Waals surface area contributed by atoms with Gasteiger partial charge in [-0.15, -0.1) is 11.3 Å². The molecule has 2 aromatic rings. The van der Waals surface area contributed by atoms with Crippen molar-refractivity contribution >= 4 is 39.1 Å². The predicted molar refractivity (Wildman–Crippen MR) is 89.9 cm³/mol. The number of hydrogen-bond donors (Lipinski definition) is 2. The molecule has 1 aliphatic heterocycles. The zero-order chi connectivity index (χ0) is 16.4. The summed E-state index contributed by atoms with van der Waals surface area (Å²) in [4.78, 5) is 24.6. The molecular formula is C16H14BrNO4S. The van der Waals surface area contributed by atoms with Crippen LogP contribution >= 0.6 is 27.3 Å². The summed E-state index contributed by atoms with van der Waals surface area (Å²) in [5.41, 5.74) is 1.53. The van der Waals surface area contributed by atoms with E-state index in [0.29, 0.717) is 12.2 Å². The van der Waals surface area contributed by atoms with Crippen LogP contribution in [-0.2, 0) is 22.4 Å². The Bertz CT molecular complexity index is 758. The van der Waals surface area contributed by atoms with Gasteiger partial charge in [-0.3, -0.25) is 4.79 Å². The fourth-order valence-corrected chi connectivity index (χ4v) is 3.97. The standard InChI is InChI=1S/C16H14BrNO4S/c17-13-4-2-11(23-13)8-14(19)18-15(16(20)21)10-1-3-12-9(7-10)5-6-22-12/h1-4,7,15H,5-6,8H2,(H,18,19)(H,20,21). The second-order valence-corrected chi connectivity index (χ2v) is 7.73. The monoisotopic (exact) mass is 395 g/mol. The Morgan fingerprint density at radius 1 is 1.35 bits per heavy atom. The van der Waals surface area contributed by atoms with Crippen molar-refractivity contribution in [3.63, 3.8) is 0 Å². The SMILES string of the molecule is O=C(Cc1ccc(Br)s1)NC(C(=O)O)c1ccc2c(c1)CCO2. The van der Waals surface area contributed by atoms with Crippen LogP contribution in [0.5, 0.6) is 5.75 Å². The zero-order valence-corrected chi connectivity index (χ0v) is 14.4. The molecular weight excluding hydrogens is 382 g/mol. The van der Waals surface area contributed by atoms with Crippen molar-refractivity contribution in [2.75, 3.05) is 6.61 Å². The lowest BCUT2D eigenvalue weighted by Gasteiger charge is -2.15. The maximum atomic E-state index is 12.1. The van der Waals surface area contributed by atoms with Crippen molar-refractivity contribution in [2.45, 2.75) is 18.9 Å². The number of benzene rings is 1. The molecule has 1 aliphatic rings. The fraction of sp³-hybridized carbons (Fsp3) is 0.250. The van der Waals surface area contributed by atoms with E-state index in [2.05, 4.69) is 21.2 Å². The molecule has 5 nitrogen and oxygen atoms in total. The van der Waals surface area contributed by atoms with Crippen molar-refractivity contribution in [1.82, 2.24) is 5.32 Å². The molecule has 3 rings (SSSR count). The minimum Gasteiger partial charge on any atom is -0.493 e. The Hall–Kier alpha value is -1.86. The molecule has 1 amide bonds. The molecule has 1 aromatic heterocycles. The molecule has 1 aromatic carbocycles. The van der Waals surface area contributed by atoms with E-state index in [1.165, 1.54) is 11.3 Å². The van der Waals surface area contributed by atoms with Crippen LogP contribution in [0.4, 0.5) is 0 Å². The number of halogens is 1. The predicted octanol–water partition coefficient (Wildman–Crippen LogP) is 2.93. The lowest BCUT2D eigenvalue weighted by atomic mass is 10.0. The van der Waals surface area contributed by atoms with Crippen molar-refractivity contribution in [3.8, 4) is 5.75 Å². The van der Waals surface area contributed by atoms with Crippen LogP contribution in [0.25, 0.3) is 0 Å². The summed E-state index contributed by atoms with van der Waals surface area (Å²) >= 11 is 4.80. The van der Waals surface area contributed by atoms with Crippen LogP contribution < -0.4 is 10.1 Å². The molecule has 7 heteroatoms. The minimum absolute atomic E-state index is 0.161. The van der Waals surface area contributed by atoms with Gasteiger partial charge in [0.2, 0.25) is 5.91 Å². The first-order valence-electron chi connectivity index (χ1n) is 7.05. The van der Waals surface area contributed by atoms with Crippen LogP contribution in [0.2, 0.25) is 0 Å². The summed E-state index contributed by atoms with van der Waals surface area (Å²) in [6.45, 7) is 0.607. The van der Waals surface area contributed by atoms with Gasteiger partial charge >= 0.3 is 5.97 Å². The number of fused-ring (bicyclic) bond motifs is 1. The number of hydrogen-bond acceptors (Lipinski definition) is 4. The number of aliphatic carboxylic acids is 1. The third kappa shape index (κ3) is 3.73. The van der Waals surface area contributed by atoms with Crippen molar-refractivity contribution < 1.29 is 19.4 Å². The minimum atomic E-state index is -1.08. The quantitative estimate of drug-likeness (QED) is 0.815. The second-order valence-electron chi connectivity index (χ2n) is 5.19. The van der Waals surface area contributed by atoms with Crippen molar-refractivity contribution in [1.29, 1.82) is 0 Å². The normalized spacial score (nSPS) is 14.0. The number of carboxylic acids is 1. The maximum absolute atomic E-state index is 12.1. The summed E-state index contributed by atoms with van der Waals surface area (Å²) in [7, 11) is 0.